The molecule has 1 atom stereocenters. The van der Waals surface area contributed by atoms with E-state index in [-0.39, 0.29) is 17.6 Å². The number of anilines is 1. The molecule has 1 aliphatic heterocycles. The Hall–Kier alpha value is -4.46. The third kappa shape index (κ3) is 3.93. The van der Waals surface area contributed by atoms with Crippen molar-refractivity contribution in [3.8, 4) is 11.7 Å². The topological polar surface area (TPSA) is 84.8 Å². The number of para-hydroxylation sites is 2. The summed E-state index contributed by atoms with van der Waals surface area (Å²) in [6.45, 7) is 2.29. The fraction of sp³-hybridized carbons (Fsp3) is 0.148. The van der Waals surface area contributed by atoms with Crippen LogP contribution >= 0.6 is 0 Å². The second-order valence-electron chi connectivity index (χ2n) is 8.63. The maximum atomic E-state index is 13.1. The number of hydrogen-bond acceptors (Lipinski definition) is 4. The molecular weight excluding hydrogens is 445 g/mol. The van der Waals surface area contributed by atoms with Crippen LogP contribution in [0.25, 0.3) is 17.0 Å². The van der Waals surface area contributed by atoms with Crippen LogP contribution in [0, 0.1) is 12.7 Å². The molecule has 2 aromatic heterocycles. The molecule has 0 unspecified atom stereocenters. The molecule has 2 N–H and O–H groups in total. The van der Waals surface area contributed by atoms with Crippen molar-refractivity contribution in [2.45, 2.75) is 25.9 Å². The summed E-state index contributed by atoms with van der Waals surface area (Å²) in [5.41, 5.74) is 5.44. The number of imidazole rings is 1. The highest BCUT2D eigenvalue weighted by Crippen LogP contribution is 2.40. The molecule has 0 spiro atoms. The SMILES string of the molecule is Cc1nn(-c2nc3ccccc3[nH]2)c2c1[C@H](c1ccc(OCc3ccc(F)cc3)cc1)CC(=O)N2. The highest BCUT2D eigenvalue weighted by molar-refractivity contribution is 5.95. The van der Waals surface area contributed by atoms with Gasteiger partial charge in [-0.05, 0) is 54.4 Å². The lowest BCUT2D eigenvalue weighted by Crippen LogP contribution is -2.25. The predicted molar refractivity (Wildman–Crippen MR) is 130 cm³/mol. The smallest absolute Gasteiger partial charge is 0.231 e. The van der Waals surface area contributed by atoms with Crippen LogP contribution in [0.3, 0.4) is 0 Å². The average molecular weight is 468 g/mol. The lowest BCUT2D eigenvalue weighted by atomic mass is 9.86. The second kappa shape index (κ2) is 8.39. The zero-order valence-corrected chi connectivity index (χ0v) is 19.0. The number of aromatic nitrogens is 4. The monoisotopic (exact) mass is 467 g/mol. The number of nitrogens with one attached hydrogen (secondary N) is 2. The summed E-state index contributed by atoms with van der Waals surface area (Å²) < 4.78 is 20.6. The van der Waals surface area contributed by atoms with Crippen molar-refractivity contribution < 1.29 is 13.9 Å². The van der Waals surface area contributed by atoms with Gasteiger partial charge in [-0.1, -0.05) is 36.4 Å². The molecule has 8 heteroatoms. The van der Waals surface area contributed by atoms with Gasteiger partial charge in [0.15, 0.2) is 0 Å². The van der Waals surface area contributed by atoms with Crippen molar-refractivity contribution in [1.82, 2.24) is 19.7 Å². The van der Waals surface area contributed by atoms with Crippen LogP contribution in [-0.4, -0.2) is 25.7 Å². The average Bonchev–Trinajstić information content (AvgIpc) is 3.44. The van der Waals surface area contributed by atoms with Gasteiger partial charge < -0.3 is 15.0 Å². The van der Waals surface area contributed by atoms with Gasteiger partial charge in [0.05, 0.1) is 16.7 Å². The van der Waals surface area contributed by atoms with E-state index in [4.69, 9.17) is 9.84 Å². The van der Waals surface area contributed by atoms with E-state index < -0.39 is 0 Å². The molecule has 7 nitrogen and oxygen atoms in total. The summed E-state index contributed by atoms with van der Waals surface area (Å²) in [6.07, 6.45) is 0.329. The summed E-state index contributed by atoms with van der Waals surface area (Å²) in [7, 11) is 0. The van der Waals surface area contributed by atoms with E-state index in [2.05, 4.69) is 15.3 Å². The zero-order chi connectivity index (χ0) is 23.9. The minimum atomic E-state index is -0.270. The number of nitrogens with zero attached hydrogens (tertiary/aromatic N) is 3. The fourth-order valence-corrected chi connectivity index (χ4v) is 4.57. The van der Waals surface area contributed by atoms with Gasteiger partial charge in [-0.15, -0.1) is 0 Å². The summed E-state index contributed by atoms with van der Waals surface area (Å²) in [6, 6.07) is 21.7. The molecule has 35 heavy (non-hydrogen) atoms. The first-order valence-electron chi connectivity index (χ1n) is 11.4. The number of carbonyl (C=O) groups excluding carboxylic acids is 1. The van der Waals surface area contributed by atoms with E-state index in [1.54, 1.807) is 16.8 Å². The van der Waals surface area contributed by atoms with Crippen LogP contribution in [0.2, 0.25) is 0 Å². The first-order chi connectivity index (χ1) is 17.0. The third-order valence-electron chi connectivity index (χ3n) is 6.28. The molecule has 174 valence electrons. The largest absolute Gasteiger partial charge is 0.489 e. The Morgan fingerprint density at radius 1 is 1.06 bits per heavy atom. The number of aromatic amines is 1. The first kappa shape index (κ1) is 21.1. The van der Waals surface area contributed by atoms with Crippen molar-refractivity contribution in [3.63, 3.8) is 0 Å². The number of amides is 1. The zero-order valence-electron chi connectivity index (χ0n) is 19.0. The first-order valence-corrected chi connectivity index (χ1v) is 11.4. The lowest BCUT2D eigenvalue weighted by molar-refractivity contribution is -0.116. The van der Waals surface area contributed by atoms with Gasteiger partial charge >= 0.3 is 0 Å². The van der Waals surface area contributed by atoms with E-state index in [1.807, 2.05) is 55.5 Å². The van der Waals surface area contributed by atoms with Crippen LogP contribution < -0.4 is 10.1 Å². The standard InChI is InChI=1S/C27H22FN5O2/c1-16-25-21(18-8-12-20(13-9-18)35-15-17-6-10-19(28)11-7-17)14-24(34)31-26(25)33(32-16)27-29-22-4-2-3-5-23(22)30-27/h2-13,21H,14-15H2,1H3,(H,29,30)(H,31,34)/t21-/m0/s1. The van der Waals surface area contributed by atoms with Crippen molar-refractivity contribution in [3.05, 3.63) is 101 Å². The molecule has 3 heterocycles. The van der Waals surface area contributed by atoms with Gasteiger partial charge in [0.2, 0.25) is 11.9 Å². The molecule has 1 aliphatic rings. The maximum Gasteiger partial charge on any atom is 0.231 e. The Morgan fingerprint density at radius 3 is 2.60 bits per heavy atom. The molecule has 3 aromatic carbocycles. The summed E-state index contributed by atoms with van der Waals surface area (Å²) in [4.78, 5) is 20.6. The van der Waals surface area contributed by atoms with Crippen LogP contribution in [0.1, 0.15) is 34.7 Å². The second-order valence-corrected chi connectivity index (χ2v) is 8.63. The molecule has 0 saturated carbocycles. The fourth-order valence-electron chi connectivity index (χ4n) is 4.57. The van der Waals surface area contributed by atoms with Gasteiger partial charge in [-0.3, -0.25) is 4.79 Å². The highest BCUT2D eigenvalue weighted by Gasteiger charge is 2.33. The lowest BCUT2D eigenvalue weighted by Gasteiger charge is -2.24. The Balaban J connectivity index is 1.29. The number of benzene rings is 3. The molecule has 1 amide bonds. The van der Waals surface area contributed by atoms with Crippen LogP contribution in [0.15, 0.2) is 72.8 Å². The Morgan fingerprint density at radius 2 is 1.83 bits per heavy atom. The number of hydrogen-bond donors (Lipinski definition) is 2. The Labute approximate surface area is 200 Å². The van der Waals surface area contributed by atoms with Gasteiger partial charge in [-0.25, -0.2) is 9.37 Å². The van der Waals surface area contributed by atoms with Crippen molar-refractivity contribution in [1.29, 1.82) is 0 Å². The van der Waals surface area contributed by atoms with Crippen LogP contribution in [0.4, 0.5) is 10.2 Å². The Kier molecular flexibility index (Phi) is 5.06. The molecule has 0 bridgehead atoms. The summed E-state index contributed by atoms with van der Waals surface area (Å²) >= 11 is 0. The normalized spacial score (nSPS) is 15.1. The molecule has 0 saturated heterocycles. The van der Waals surface area contributed by atoms with E-state index in [1.165, 1.54) is 12.1 Å². The van der Waals surface area contributed by atoms with Crippen LogP contribution in [-0.2, 0) is 11.4 Å². The number of carbonyl (C=O) groups is 1. The van der Waals surface area contributed by atoms with Crippen molar-refractivity contribution in [2.75, 3.05) is 5.32 Å². The van der Waals surface area contributed by atoms with E-state index in [0.29, 0.717) is 30.5 Å². The minimum absolute atomic E-state index is 0.0728. The maximum absolute atomic E-state index is 13.1. The molecular formula is C27H22FN5O2. The number of H-pyrrole nitrogens is 1. The van der Waals surface area contributed by atoms with E-state index in [9.17, 15) is 9.18 Å². The van der Waals surface area contributed by atoms with E-state index in [0.717, 1.165) is 33.4 Å². The quantitative estimate of drug-likeness (QED) is 0.370. The number of aryl methyl sites for hydroxylation is 1. The summed E-state index contributed by atoms with van der Waals surface area (Å²) in [5, 5.41) is 7.71. The van der Waals surface area contributed by atoms with Crippen molar-refractivity contribution >= 4 is 22.8 Å². The summed E-state index contributed by atoms with van der Waals surface area (Å²) in [5.74, 6) is 1.42. The number of ether oxygens (including phenoxy) is 1. The molecule has 5 aromatic rings. The predicted octanol–water partition coefficient (Wildman–Crippen LogP) is 5.25. The number of rotatable bonds is 5. The van der Waals surface area contributed by atoms with Gasteiger partial charge in [-0.2, -0.15) is 9.78 Å². The van der Waals surface area contributed by atoms with Gasteiger partial charge in [0.25, 0.3) is 0 Å². The molecule has 0 aliphatic carbocycles. The van der Waals surface area contributed by atoms with Gasteiger partial charge in [0.1, 0.15) is 24.0 Å². The molecule has 6 rings (SSSR count). The molecule has 0 fully saturated rings. The Bertz CT molecular complexity index is 1500. The van der Waals surface area contributed by atoms with Crippen molar-refractivity contribution in [2.24, 2.45) is 0 Å². The third-order valence-corrected chi connectivity index (χ3v) is 6.28. The van der Waals surface area contributed by atoms with E-state index >= 15 is 0 Å². The van der Waals surface area contributed by atoms with Gasteiger partial charge in [0, 0.05) is 17.9 Å². The number of fused-ring (bicyclic) bond motifs is 2. The minimum Gasteiger partial charge on any atom is -0.489 e. The number of halogens is 1. The van der Waals surface area contributed by atoms with Crippen LogP contribution in [0.5, 0.6) is 5.75 Å². The highest BCUT2D eigenvalue weighted by atomic mass is 19.1. The molecule has 0 radical (unpaired) electrons.